The number of aromatic nitrogens is 2. The highest BCUT2D eigenvalue weighted by Gasteiger charge is 2.40. The molecule has 0 amide bonds. The third kappa shape index (κ3) is 0.990. The van der Waals surface area contributed by atoms with Crippen molar-refractivity contribution >= 4 is 5.52 Å². The van der Waals surface area contributed by atoms with Crippen molar-refractivity contribution in [3.63, 3.8) is 0 Å². The van der Waals surface area contributed by atoms with E-state index in [2.05, 4.69) is 17.1 Å². The second-order valence-corrected chi connectivity index (χ2v) is 4.19. The zero-order valence-electron chi connectivity index (χ0n) is 8.20. The van der Waals surface area contributed by atoms with Crippen LogP contribution in [0.15, 0.2) is 24.7 Å². The molecule has 0 spiro atoms. The van der Waals surface area contributed by atoms with E-state index in [1.165, 1.54) is 11.1 Å². The molecule has 1 saturated carbocycles. The minimum Gasteiger partial charge on any atom is -0.321 e. The van der Waals surface area contributed by atoms with Gasteiger partial charge in [-0.05, 0) is 37.5 Å². The van der Waals surface area contributed by atoms with Crippen LogP contribution in [-0.2, 0) is 5.54 Å². The van der Waals surface area contributed by atoms with Gasteiger partial charge < -0.3 is 10.1 Å². The van der Waals surface area contributed by atoms with E-state index in [4.69, 9.17) is 5.73 Å². The SMILES string of the molecule is Cc1ncn2ccc(C3(N)CC3)cc12. The zero-order chi connectivity index (χ0) is 9.76. The molecule has 1 fully saturated rings. The van der Waals surface area contributed by atoms with Crippen molar-refractivity contribution in [1.29, 1.82) is 0 Å². The summed E-state index contributed by atoms with van der Waals surface area (Å²) in [4.78, 5) is 4.26. The van der Waals surface area contributed by atoms with E-state index < -0.39 is 0 Å². The van der Waals surface area contributed by atoms with Gasteiger partial charge in [0.15, 0.2) is 0 Å². The van der Waals surface area contributed by atoms with Gasteiger partial charge >= 0.3 is 0 Å². The summed E-state index contributed by atoms with van der Waals surface area (Å²) in [6.45, 7) is 2.02. The maximum atomic E-state index is 6.15. The van der Waals surface area contributed by atoms with Crippen LogP contribution < -0.4 is 5.73 Å². The number of pyridine rings is 1. The molecule has 0 radical (unpaired) electrons. The molecule has 0 saturated heterocycles. The van der Waals surface area contributed by atoms with Gasteiger partial charge in [-0.25, -0.2) is 4.98 Å². The second-order valence-electron chi connectivity index (χ2n) is 4.19. The topological polar surface area (TPSA) is 43.3 Å². The van der Waals surface area contributed by atoms with Crippen LogP contribution in [0, 0.1) is 6.92 Å². The number of nitrogens with two attached hydrogens (primary N) is 1. The van der Waals surface area contributed by atoms with Crippen molar-refractivity contribution < 1.29 is 0 Å². The Labute approximate surface area is 82.6 Å². The molecular weight excluding hydrogens is 174 g/mol. The Kier molecular flexibility index (Phi) is 1.35. The van der Waals surface area contributed by atoms with Crippen molar-refractivity contribution in [2.24, 2.45) is 5.73 Å². The molecule has 2 aromatic rings. The van der Waals surface area contributed by atoms with Crippen molar-refractivity contribution in [3.05, 3.63) is 35.9 Å². The van der Waals surface area contributed by atoms with Crippen LogP contribution in [0.3, 0.4) is 0 Å². The monoisotopic (exact) mass is 187 g/mol. The standard InChI is InChI=1S/C11H13N3/c1-8-10-6-9(11(12)3-4-11)2-5-14(10)7-13-8/h2,5-7H,3-4,12H2,1H3. The quantitative estimate of drug-likeness (QED) is 0.736. The van der Waals surface area contributed by atoms with Crippen molar-refractivity contribution in [2.75, 3.05) is 0 Å². The number of imidazole rings is 1. The van der Waals surface area contributed by atoms with Gasteiger partial charge in [-0.1, -0.05) is 0 Å². The first-order chi connectivity index (χ1) is 6.69. The van der Waals surface area contributed by atoms with Crippen molar-refractivity contribution in [3.8, 4) is 0 Å². The van der Waals surface area contributed by atoms with Gasteiger partial charge in [-0.15, -0.1) is 0 Å². The Hall–Kier alpha value is -1.35. The molecule has 2 aromatic heterocycles. The highest BCUT2D eigenvalue weighted by atomic mass is 15.0. The summed E-state index contributed by atoms with van der Waals surface area (Å²) in [5.41, 5.74) is 9.58. The van der Waals surface area contributed by atoms with Crippen molar-refractivity contribution in [1.82, 2.24) is 9.38 Å². The first kappa shape index (κ1) is 8.00. The lowest BCUT2D eigenvalue weighted by molar-refractivity contribution is 0.739. The van der Waals surface area contributed by atoms with E-state index in [0.717, 1.165) is 18.5 Å². The van der Waals surface area contributed by atoms with E-state index in [0.29, 0.717) is 0 Å². The van der Waals surface area contributed by atoms with Crippen LogP contribution >= 0.6 is 0 Å². The summed E-state index contributed by atoms with van der Waals surface area (Å²) in [5.74, 6) is 0. The van der Waals surface area contributed by atoms with Crippen LogP contribution in [0.4, 0.5) is 0 Å². The van der Waals surface area contributed by atoms with Crippen LogP contribution in [0.1, 0.15) is 24.1 Å². The molecule has 3 heteroatoms. The smallest absolute Gasteiger partial charge is 0.0995 e. The maximum absolute atomic E-state index is 6.15. The van der Waals surface area contributed by atoms with Gasteiger partial charge in [-0.3, -0.25) is 0 Å². The summed E-state index contributed by atoms with van der Waals surface area (Å²) in [6, 6.07) is 4.26. The highest BCUT2D eigenvalue weighted by Crippen LogP contribution is 2.42. The molecule has 1 aliphatic rings. The van der Waals surface area contributed by atoms with E-state index in [-0.39, 0.29) is 5.54 Å². The molecule has 0 aliphatic heterocycles. The Balaban J connectivity index is 2.23. The number of aryl methyl sites for hydroxylation is 1. The molecule has 14 heavy (non-hydrogen) atoms. The number of fused-ring (bicyclic) bond motifs is 1. The number of nitrogens with zero attached hydrogens (tertiary/aromatic N) is 2. The van der Waals surface area contributed by atoms with Gasteiger partial charge in [0, 0.05) is 11.7 Å². The largest absolute Gasteiger partial charge is 0.321 e. The summed E-state index contributed by atoms with van der Waals surface area (Å²) < 4.78 is 2.03. The minimum absolute atomic E-state index is 0.0432. The molecule has 3 nitrogen and oxygen atoms in total. The van der Waals surface area contributed by atoms with Gasteiger partial charge in [0.25, 0.3) is 0 Å². The van der Waals surface area contributed by atoms with E-state index in [9.17, 15) is 0 Å². The average Bonchev–Trinajstić information content (AvgIpc) is 2.84. The van der Waals surface area contributed by atoms with Gasteiger partial charge in [0.1, 0.15) is 0 Å². The molecule has 0 bridgehead atoms. The molecule has 2 heterocycles. The Morgan fingerprint density at radius 3 is 3.00 bits per heavy atom. The number of hydrogen-bond donors (Lipinski definition) is 1. The first-order valence-electron chi connectivity index (χ1n) is 4.92. The molecule has 72 valence electrons. The Bertz CT molecular complexity index is 494. The molecule has 0 aromatic carbocycles. The summed E-state index contributed by atoms with van der Waals surface area (Å²) in [5, 5.41) is 0. The van der Waals surface area contributed by atoms with E-state index >= 15 is 0 Å². The average molecular weight is 187 g/mol. The van der Waals surface area contributed by atoms with Gasteiger partial charge in [0.05, 0.1) is 17.5 Å². The third-order valence-corrected chi connectivity index (χ3v) is 3.10. The molecule has 0 unspecified atom stereocenters. The Morgan fingerprint density at radius 2 is 2.29 bits per heavy atom. The third-order valence-electron chi connectivity index (χ3n) is 3.10. The maximum Gasteiger partial charge on any atom is 0.0995 e. The highest BCUT2D eigenvalue weighted by molar-refractivity contribution is 5.54. The Morgan fingerprint density at radius 1 is 1.50 bits per heavy atom. The van der Waals surface area contributed by atoms with Crippen LogP contribution in [-0.4, -0.2) is 9.38 Å². The van der Waals surface area contributed by atoms with Crippen LogP contribution in [0.2, 0.25) is 0 Å². The fourth-order valence-corrected chi connectivity index (χ4v) is 1.85. The molecule has 2 N–H and O–H groups in total. The van der Waals surface area contributed by atoms with Crippen molar-refractivity contribution in [2.45, 2.75) is 25.3 Å². The molecule has 3 rings (SSSR count). The predicted octanol–water partition coefficient (Wildman–Crippen LogP) is 1.59. The minimum atomic E-state index is -0.0432. The first-order valence-corrected chi connectivity index (χ1v) is 4.92. The molecular formula is C11H13N3. The zero-order valence-corrected chi connectivity index (χ0v) is 8.20. The van der Waals surface area contributed by atoms with Gasteiger partial charge in [-0.2, -0.15) is 0 Å². The van der Waals surface area contributed by atoms with Crippen LogP contribution in [0.25, 0.3) is 5.52 Å². The molecule has 0 atom stereocenters. The van der Waals surface area contributed by atoms with E-state index in [1.807, 2.05) is 23.8 Å². The number of rotatable bonds is 1. The lowest BCUT2D eigenvalue weighted by Gasteiger charge is -2.09. The fourth-order valence-electron chi connectivity index (χ4n) is 1.85. The van der Waals surface area contributed by atoms with Crippen LogP contribution in [0.5, 0.6) is 0 Å². The van der Waals surface area contributed by atoms with Gasteiger partial charge in [0.2, 0.25) is 0 Å². The fraction of sp³-hybridized carbons (Fsp3) is 0.364. The molecule has 1 aliphatic carbocycles. The summed E-state index contributed by atoms with van der Waals surface area (Å²) in [7, 11) is 0. The lowest BCUT2D eigenvalue weighted by Crippen LogP contribution is -2.18. The lowest BCUT2D eigenvalue weighted by atomic mass is 10.1. The predicted molar refractivity (Wildman–Crippen MR) is 55.0 cm³/mol. The summed E-state index contributed by atoms with van der Waals surface area (Å²) >= 11 is 0. The number of hydrogen-bond acceptors (Lipinski definition) is 2. The van der Waals surface area contributed by atoms with E-state index in [1.54, 1.807) is 0 Å². The second kappa shape index (κ2) is 2.36. The normalized spacial score (nSPS) is 18.7. The summed E-state index contributed by atoms with van der Waals surface area (Å²) in [6.07, 6.45) is 6.09.